The Bertz CT molecular complexity index is 921. The van der Waals surface area contributed by atoms with Crippen LogP contribution in [0.5, 0.6) is 5.75 Å². The zero-order valence-electron chi connectivity index (χ0n) is 19.2. The van der Waals surface area contributed by atoms with E-state index in [1.54, 1.807) is 17.9 Å². The van der Waals surface area contributed by atoms with E-state index < -0.39 is 16.1 Å². The van der Waals surface area contributed by atoms with E-state index in [4.69, 9.17) is 4.74 Å². The Balaban J connectivity index is 1.79. The number of anilines is 1. The first-order chi connectivity index (χ1) is 14.9. The van der Waals surface area contributed by atoms with Crippen molar-refractivity contribution in [1.82, 2.24) is 15.1 Å². The number of benzene rings is 1. The van der Waals surface area contributed by atoms with Gasteiger partial charge in [-0.25, -0.2) is 4.79 Å². The highest BCUT2D eigenvalue weighted by molar-refractivity contribution is 7.81. The number of hydrogen-bond acceptors (Lipinski definition) is 8. The van der Waals surface area contributed by atoms with E-state index >= 15 is 0 Å². The van der Waals surface area contributed by atoms with E-state index in [-0.39, 0.29) is 11.8 Å². The first-order valence-electron chi connectivity index (χ1n) is 10.8. The summed E-state index contributed by atoms with van der Waals surface area (Å²) in [6.45, 7) is 13.3. The molecule has 2 saturated heterocycles. The van der Waals surface area contributed by atoms with Gasteiger partial charge in [-0.1, -0.05) is 3.89 Å². The van der Waals surface area contributed by atoms with E-state index in [0.717, 1.165) is 37.4 Å². The standard InChI is InChI=1S/C21H33FN4O5S/c1-16-18(25-9-11-26(12-10-25)20(27)30-21(2,3)4)13-17(14-19(16)31-32(22,28)29)15-24-7-5-23-6-8-24/h13-14,23H,5-12,15H2,1-4H3. The molecule has 3 rings (SSSR count). The van der Waals surface area contributed by atoms with Crippen molar-refractivity contribution in [2.24, 2.45) is 0 Å². The van der Waals surface area contributed by atoms with Crippen LogP contribution in [0.25, 0.3) is 0 Å². The second-order valence-corrected chi connectivity index (χ2v) is 10.1. The van der Waals surface area contributed by atoms with Gasteiger partial charge in [0.15, 0.2) is 5.75 Å². The fourth-order valence-electron chi connectivity index (χ4n) is 3.93. The van der Waals surface area contributed by atoms with Gasteiger partial charge in [0.2, 0.25) is 0 Å². The highest BCUT2D eigenvalue weighted by atomic mass is 32.3. The number of nitrogens with zero attached hydrogens (tertiary/aromatic N) is 3. The lowest BCUT2D eigenvalue weighted by atomic mass is 10.1. The van der Waals surface area contributed by atoms with E-state index in [0.29, 0.717) is 38.3 Å². The van der Waals surface area contributed by atoms with E-state index in [1.807, 2.05) is 26.8 Å². The molecule has 2 aliphatic heterocycles. The van der Waals surface area contributed by atoms with Crippen LogP contribution in [-0.2, 0) is 21.8 Å². The Morgan fingerprint density at radius 1 is 1.09 bits per heavy atom. The number of rotatable bonds is 5. The summed E-state index contributed by atoms with van der Waals surface area (Å²) >= 11 is 0. The second kappa shape index (κ2) is 9.80. The monoisotopic (exact) mass is 472 g/mol. The minimum absolute atomic E-state index is 0.00953. The normalized spacial score (nSPS) is 18.5. The zero-order chi connectivity index (χ0) is 23.5. The molecule has 11 heteroatoms. The molecule has 0 aromatic heterocycles. The van der Waals surface area contributed by atoms with Crippen molar-refractivity contribution in [2.75, 3.05) is 57.3 Å². The predicted molar refractivity (Wildman–Crippen MR) is 120 cm³/mol. The third-order valence-corrected chi connectivity index (χ3v) is 5.85. The number of piperazine rings is 2. The van der Waals surface area contributed by atoms with Crippen LogP contribution in [0.1, 0.15) is 31.9 Å². The lowest BCUT2D eigenvalue weighted by molar-refractivity contribution is 0.0240. The minimum atomic E-state index is -5.15. The number of carbonyl (C=O) groups excluding carboxylic acids is 1. The maximum Gasteiger partial charge on any atom is 0.488 e. The summed E-state index contributed by atoms with van der Waals surface area (Å²) in [7, 11) is -5.15. The number of halogens is 1. The second-order valence-electron chi connectivity index (χ2n) is 9.20. The molecule has 9 nitrogen and oxygen atoms in total. The molecule has 0 radical (unpaired) electrons. The predicted octanol–water partition coefficient (Wildman–Crippen LogP) is 2.05. The lowest BCUT2D eigenvalue weighted by Crippen LogP contribution is -2.50. The van der Waals surface area contributed by atoms with Crippen LogP contribution in [0.2, 0.25) is 0 Å². The van der Waals surface area contributed by atoms with Gasteiger partial charge >= 0.3 is 16.6 Å². The van der Waals surface area contributed by atoms with Gasteiger partial charge in [0.05, 0.1) is 0 Å². The van der Waals surface area contributed by atoms with Crippen LogP contribution in [0.3, 0.4) is 0 Å². The molecule has 1 aromatic rings. The number of hydrogen-bond donors (Lipinski definition) is 1. The van der Waals surface area contributed by atoms with Crippen molar-refractivity contribution in [3.05, 3.63) is 23.3 Å². The summed E-state index contributed by atoms with van der Waals surface area (Å²) in [5.41, 5.74) is 1.61. The molecule has 0 saturated carbocycles. The largest absolute Gasteiger partial charge is 0.488 e. The fourth-order valence-corrected chi connectivity index (χ4v) is 4.31. The van der Waals surface area contributed by atoms with Crippen molar-refractivity contribution >= 4 is 22.3 Å². The Morgan fingerprint density at radius 3 is 2.28 bits per heavy atom. The van der Waals surface area contributed by atoms with E-state index in [9.17, 15) is 17.1 Å². The van der Waals surface area contributed by atoms with Gasteiger partial charge in [-0.05, 0) is 45.4 Å². The van der Waals surface area contributed by atoms with Gasteiger partial charge in [-0.3, -0.25) is 4.90 Å². The summed E-state index contributed by atoms with van der Waals surface area (Å²) in [5.74, 6) is -0.00953. The minimum Gasteiger partial charge on any atom is -0.444 e. The molecule has 0 bridgehead atoms. The summed E-state index contributed by atoms with van der Waals surface area (Å²) in [5, 5.41) is 3.30. The highest BCUT2D eigenvalue weighted by Crippen LogP contribution is 2.33. The Kier molecular flexibility index (Phi) is 7.51. The molecule has 0 atom stereocenters. The SMILES string of the molecule is Cc1c(OS(=O)(=O)F)cc(CN2CCNCC2)cc1N1CCN(C(=O)OC(C)(C)C)CC1. The molecule has 2 heterocycles. The van der Waals surface area contributed by atoms with Gasteiger partial charge in [-0.2, -0.15) is 8.42 Å². The van der Waals surface area contributed by atoms with Crippen LogP contribution in [-0.4, -0.2) is 82.3 Å². The number of ether oxygens (including phenoxy) is 1. The van der Waals surface area contributed by atoms with Crippen molar-refractivity contribution in [1.29, 1.82) is 0 Å². The molecule has 32 heavy (non-hydrogen) atoms. The molecule has 2 aliphatic rings. The smallest absolute Gasteiger partial charge is 0.444 e. The van der Waals surface area contributed by atoms with Gasteiger partial charge in [0, 0.05) is 70.2 Å². The first kappa shape index (κ1) is 24.5. The molecule has 1 N–H and O–H groups in total. The molecular formula is C21H33FN4O5S. The van der Waals surface area contributed by atoms with Gasteiger partial charge in [-0.15, -0.1) is 0 Å². The summed E-state index contributed by atoms with van der Waals surface area (Å²) in [4.78, 5) is 18.3. The van der Waals surface area contributed by atoms with Crippen molar-refractivity contribution < 1.29 is 26.0 Å². The maximum atomic E-state index is 13.4. The maximum absolute atomic E-state index is 13.4. The first-order valence-corrected chi connectivity index (χ1v) is 12.2. The topological polar surface area (TPSA) is 91.4 Å². The quantitative estimate of drug-likeness (QED) is 0.651. The number of nitrogens with one attached hydrogen (secondary N) is 1. The molecule has 0 aliphatic carbocycles. The molecule has 1 amide bonds. The van der Waals surface area contributed by atoms with Crippen LogP contribution in [0.15, 0.2) is 12.1 Å². The van der Waals surface area contributed by atoms with Gasteiger partial charge in [0.1, 0.15) is 5.60 Å². The summed E-state index contributed by atoms with van der Waals surface area (Å²) in [6.07, 6.45) is -0.353. The van der Waals surface area contributed by atoms with E-state index in [2.05, 4.69) is 19.3 Å². The van der Waals surface area contributed by atoms with Crippen LogP contribution in [0, 0.1) is 6.92 Å². The Hall–Kier alpha value is -2.11. The number of amides is 1. The zero-order valence-corrected chi connectivity index (χ0v) is 20.0. The van der Waals surface area contributed by atoms with Crippen LogP contribution >= 0.6 is 0 Å². The van der Waals surface area contributed by atoms with Crippen molar-refractivity contribution in [3.8, 4) is 5.75 Å². The average molecular weight is 473 g/mol. The third-order valence-electron chi connectivity index (χ3n) is 5.47. The van der Waals surface area contributed by atoms with E-state index in [1.165, 1.54) is 0 Å². The molecule has 1 aromatic carbocycles. The Morgan fingerprint density at radius 2 is 1.72 bits per heavy atom. The van der Waals surface area contributed by atoms with Gasteiger partial charge in [0.25, 0.3) is 0 Å². The van der Waals surface area contributed by atoms with Crippen LogP contribution in [0.4, 0.5) is 14.4 Å². The van der Waals surface area contributed by atoms with Gasteiger partial charge < -0.3 is 24.0 Å². The summed E-state index contributed by atoms with van der Waals surface area (Å²) < 4.78 is 45.9. The molecule has 0 spiro atoms. The highest BCUT2D eigenvalue weighted by Gasteiger charge is 2.28. The van der Waals surface area contributed by atoms with Crippen molar-refractivity contribution in [2.45, 2.75) is 39.8 Å². The molecular weight excluding hydrogens is 439 g/mol. The van der Waals surface area contributed by atoms with Crippen molar-refractivity contribution in [3.63, 3.8) is 0 Å². The lowest BCUT2D eigenvalue weighted by Gasteiger charge is -2.37. The number of carbonyl (C=O) groups is 1. The fraction of sp³-hybridized carbons (Fsp3) is 0.667. The molecule has 0 unspecified atom stereocenters. The average Bonchev–Trinajstić information content (AvgIpc) is 2.69. The molecule has 180 valence electrons. The third kappa shape index (κ3) is 6.94. The van der Waals surface area contributed by atoms with Crippen LogP contribution < -0.4 is 14.4 Å². The Labute approximate surface area is 189 Å². The molecule has 2 fully saturated rings. The summed E-state index contributed by atoms with van der Waals surface area (Å²) in [6, 6.07) is 3.59.